The highest BCUT2D eigenvalue weighted by Gasteiger charge is 2.28. The van der Waals surface area contributed by atoms with Crippen molar-refractivity contribution in [1.29, 1.82) is 0 Å². The summed E-state index contributed by atoms with van der Waals surface area (Å²) < 4.78 is 5.53. The fraction of sp³-hybridized carbons (Fsp3) is 0.632. The highest BCUT2D eigenvalue weighted by atomic mass is 32.2. The van der Waals surface area contributed by atoms with E-state index in [4.69, 9.17) is 4.98 Å². The summed E-state index contributed by atoms with van der Waals surface area (Å²) in [7, 11) is 3.19. The molecule has 0 N–H and O–H groups in total. The standard InChI is InChI=1S/C19H27N7O2S2/c1-11-8-12(2)10-25(9-11)17-20-15-14(16(27)24(5)19(28)23(15)4)26(17)6-7-29-18-22-21-13(3)30-18/h11-12H,6-10H2,1-5H3/t11-,12+. The van der Waals surface area contributed by atoms with Gasteiger partial charge in [-0.15, -0.1) is 10.2 Å². The molecule has 1 aliphatic heterocycles. The molecule has 4 heterocycles. The molecule has 4 rings (SSSR count). The molecule has 0 unspecified atom stereocenters. The van der Waals surface area contributed by atoms with Crippen LogP contribution in [0.25, 0.3) is 11.2 Å². The minimum Gasteiger partial charge on any atom is -0.342 e. The summed E-state index contributed by atoms with van der Waals surface area (Å²) in [5.41, 5.74) is 0.264. The van der Waals surface area contributed by atoms with Crippen molar-refractivity contribution in [2.45, 2.75) is 38.1 Å². The van der Waals surface area contributed by atoms with Crippen LogP contribution in [0.3, 0.4) is 0 Å². The molecule has 0 bridgehead atoms. The van der Waals surface area contributed by atoms with E-state index in [0.717, 1.165) is 38.7 Å². The summed E-state index contributed by atoms with van der Waals surface area (Å²) >= 11 is 3.19. The van der Waals surface area contributed by atoms with Gasteiger partial charge < -0.3 is 9.47 Å². The van der Waals surface area contributed by atoms with Crippen molar-refractivity contribution in [1.82, 2.24) is 28.9 Å². The van der Waals surface area contributed by atoms with E-state index in [1.54, 1.807) is 30.1 Å². The van der Waals surface area contributed by atoms with Gasteiger partial charge in [-0.1, -0.05) is 36.9 Å². The molecule has 1 aliphatic rings. The molecule has 9 nitrogen and oxygen atoms in total. The Hall–Kier alpha value is -2.14. The fourth-order valence-corrected chi connectivity index (χ4v) is 6.09. The Bertz CT molecular complexity index is 1180. The Morgan fingerprint density at radius 2 is 1.80 bits per heavy atom. The minimum atomic E-state index is -0.359. The van der Waals surface area contributed by atoms with Gasteiger partial charge in [0.15, 0.2) is 15.5 Å². The average Bonchev–Trinajstić information content (AvgIpc) is 3.28. The first-order chi connectivity index (χ1) is 14.3. The summed E-state index contributed by atoms with van der Waals surface area (Å²) in [6, 6.07) is 0. The van der Waals surface area contributed by atoms with Crippen molar-refractivity contribution in [3.05, 3.63) is 25.8 Å². The number of anilines is 1. The lowest BCUT2D eigenvalue weighted by Crippen LogP contribution is -2.40. The second-order valence-corrected chi connectivity index (χ2v) is 10.8. The molecule has 3 aromatic heterocycles. The molecular weight excluding hydrogens is 422 g/mol. The highest BCUT2D eigenvalue weighted by molar-refractivity contribution is 8.01. The number of fused-ring (bicyclic) bond motifs is 1. The van der Waals surface area contributed by atoms with Gasteiger partial charge in [-0.05, 0) is 25.2 Å². The Balaban J connectivity index is 1.77. The first kappa shape index (κ1) is 21.1. The van der Waals surface area contributed by atoms with Crippen molar-refractivity contribution in [2.75, 3.05) is 23.7 Å². The minimum absolute atomic E-state index is 0.304. The molecule has 1 saturated heterocycles. The Labute approximate surface area is 182 Å². The Morgan fingerprint density at radius 3 is 2.43 bits per heavy atom. The Morgan fingerprint density at radius 1 is 1.10 bits per heavy atom. The number of aromatic nitrogens is 6. The van der Waals surface area contributed by atoms with Crippen LogP contribution in [0, 0.1) is 18.8 Å². The highest BCUT2D eigenvalue weighted by Crippen LogP contribution is 2.29. The zero-order valence-corrected chi connectivity index (χ0v) is 19.6. The van der Waals surface area contributed by atoms with Gasteiger partial charge in [-0.25, -0.2) is 4.79 Å². The van der Waals surface area contributed by atoms with Crippen LogP contribution in [0.15, 0.2) is 13.9 Å². The third-order valence-corrected chi connectivity index (χ3v) is 7.48. The number of aryl methyl sites for hydroxylation is 3. The van der Waals surface area contributed by atoms with Crippen LogP contribution in [-0.2, 0) is 20.6 Å². The van der Waals surface area contributed by atoms with Gasteiger partial charge in [0, 0.05) is 39.5 Å². The molecule has 0 saturated carbocycles. The number of hydrogen-bond acceptors (Lipinski definition) is 8. The van der Waals surface area contributed by atoms with Gasteiger partial charge in [-0.2, -0.15) is 4.98 Å². The van der Waals surface area contributed by atoms with Gasteiger partial charge in [0.2, 0.25) is 5.95 Å². The van der Waals surface area contributed by atoms with E-state index in [0.29, 0.717) is 29.5 Å². The molecule has 0 radical (unpaired) electrons. The Kier molecular flexibility index (Phi) is 5.75. The second-order valence-electron chi connectivity index (χ2n) is 8.23. The van der Waals surface area contributed by atoms with E-state index in [1.807, 2.05) is 11.5 Å². The van der Waals surface area contributed by atoms with Crippen molar-refractivity contribution in [3.8, 4) is 0 Å². The number of nitrogens with zero attached hydrogens (tertiary/aromatic N) is 7. The maximum Gasteiger partial charge on any atom is 0.332 e. The zero-order chi connectivity index (χ0) is 21.6. The quantitative estimate of drug-likeness (QED) is 0.549. The predicted octanol–water partition coefficient (Wildman–Crippen LogP) is 1.87. The van der Waals surface area contributed by atoms with E-state index in [2.05, 4.69) is 28.9 Å². The number of imidazole rings is 1. The van der Waals surface area contributed by atoms with Crippen LogP contribution in [0.4, 0.5) is 5.95 Å². The molecule has 30 heavy (non-hydrogen) atoms. The van der Waals surface area contributed by atoms with Crippen LogP contribution in [0.2, 0.25) is 0 Å². The molecular formula is C19H27N7O2S2. The largest absolute Gasteiger partial charge is 0.342 e. The van der Waals surface area contributed by atoms with E-state index in [-0.39, 0.29) is 11.2 Å². The van der Waals surface area contributed by atoms with Gasteiger partial charge in [0.1, 0.15) is 5.01 Å². The molecule has 11 heteroatoms. The molecule has 0 aliphatic carbocycles. The first-order valence-electron chi connectivity index (χ1n) is 10.1. The molecule has 0 spiro atoms. The maximum absolute atomic E-state index is 13.0. The van der Waals surface area contributed by atoms with E-state index in [1.165, 1.54) is 18.0 Å². The molecule has 162 valence electrons. The summed E-state index contributed by atoms with van der Waals surface area (Å²) in [6.07, 6.45) is 1.18. The van der Waals surface area contributed by atoms with Crippen molar-refractivity contribution in [3.63, 3.8) is 0 Å². The van der Waals surface area contributed by atoms with Gasteiger partial charge in [0.25, 0.3) is 5.56 Å². The second kappa shape index (κ2) is 8.18. The fourth-order valence-electron chi connectivity index (χ4n) is 4.28. The summed E-state index contributed by atoms with van der Waals surface area (Å²) in [6.45, 7) is 8.82. The first-order valence-corrected chi connectivity index (χ1v) is 11.9. The zero-order valence-electron chi connectivity index (χ0n) is 18.0. The van der Waals surface area contributed by atoms with Crippen molar-refractivity contribution >= 4 is 40.2 Å². The normalized spacial score (nSPS) is 19.7. The van der Waals surface area contributed by atoms with Crippen LogP contribution < -0.4 is 16.1 Å². The maximum atomic E-state index is 13.0. The summed E-state index contributed by atoms with van der Waals surface area (Å²) in [4.78, 5) is 32.5. The molecule has 3 aromatic rings. The van der Waals surface area contributed by atoms with Crippen molar-refractivity contribution in [2.24, 2.45) is 25.9 Å². The summed E-state index contributed by atoms with van der Waals surface area (Å²) in [5, 5.41) is 9.17. The summed E-state index contributed by atoms with van der Waals surface area (Å²) in [5.74, 6) is 2.61. The third-order valence-electron chi connectivity index (χ3n) is 5.53. The molecule has 0 aromatic carbocycles. The number of rotatable bonds is 5. The van der Waals surface area contributed by atoms with Crippen molar-refractivity contribution < 1.29 is 0 Å². The average molecular weight is 450 g/mol. The van der Waals surface area contributed by atoms with Crippen LogP contribution in [-0.4, -0.2) is 47.7 Å². The topological polar surface area (TPSA) is 90.8 Å². The van der Waals surface area contributed by atoms with E-state index in [9.17, 15) is 9.59 Å². The van der Waals surface area contributed by atoms with Crippen LogP contribution in [0.5, 0.6) is 0 Å². The van der Waals surface area contributed by atoms with E-state index < -0.39 is 0 Å². The predicted molar refractivity (Wildman–Crippen MR) is 121 cm³/mol. The van der Waals surface area contributed by atoms with Crippen LogP contribution >= 0.6 is 23.1 Å². The monoisotopic (exact) mass is 449 g/mol. The molecule has 0 amide bonds. The molecule has 1 fully saturated rings. The smallest absolute Gasteiger partial charge is 0.332 e. The lowest BCUT2D eigenvalue weighted by molar-refractivity contribution is 0.352. The van der Waals surface area contributed by atoms with Gasteiger partial charge >= 0.3 is 5.69 Å². The number of piperidine rings is 1. The molecule has 2 atom stereocenters. The number of thioether (sulfide) groups is 1. The van der Waals surface area contributed by atoms with E-state index >= 15 is 0 Å². The lowest BCUT2D eigenvalue weighted by atomic mass is 9.92. The van der Waals surface area contributed by atoms with Crippen LogP contribution in [0.1, 0.15) is 25.3 Å². The third kappa shape index (κ3) is 3.80. The van der Waals surface area contributed by atoms with Gasteiger partial charge in [-0.3, -0.25) is 13.9 Å². The number of hydrogen-bond donors (Lipinski definition) is 0. The lowest BCUT2D eigenvalue weighted by Gasteiger charge is -2.35. The van der Waals surface area contributed by atoms with Gasteiger partial charge in [0.05, 0.1) is 0 Å². The SMILES string of the molecule is Cc1nnc(SCCn2c(N3C[C@H](C)C[C@H](C)C3)nc3c2c(=O)n(C)c(=O)n3C)s1.